The van der Waals surface area contributed by atoms with E-state index in [4.69, 9.17) is 0 Å². The standard InChI is InChI=1S/C14H20BrN5S/c1-4-6-16-12-11(15)13(19-8-18-12)20-9(3)14-17-7-10(5-2)21-14/h7-9H,4-6H2,1-3H3,(H2,16,18,19,20). The Morgan fingerprint density at radius 1 is 1.24 bits per heavy atom. The van der Waals surface area contributed by atoms with Crippen molar-refractivity contribution in [1.29, 1.82) is 0 Å². The Labute approximate surface area is 137 Å². The number of aryl methyl sites for hydroxylation is 1. The van der Waals surface area contributed by atoms with Gasteiger partial charge in [0.1, 0.15) is 27.4 Å². The van der Waals surface area contributed by atoms with E-state index < -0.39 is 0 Å². The average Bonchev–Trinajstić information content (AvgIpc) is 2.97. The van der Waals surface area contributed by atoms with Crippen molar-refractivity contribution in [2.45, 2.75) is 39.7 Å². The monoisotopic (exact) mass is 369 g/mol. The Morgan fingerprint density at radius 3 is 2.67 bits per heavy atom. The van der Waals surface area contributed by atoms with Crippen LogP contribution in [0.4, 0.5) is 11.6 Å². The van der Waals surface area contributed by atoms with E-state index in [0.717, 1.165) is 40.5 Å². The molecular formula is C14H20BrN5S. The van der Waals surface area contributed by atoms with E-state index in [1.165, 1.54) is 4.88 Å². The lowest BCUT2D eigenvalue weighted by Gasteiger charge is -2.15. The smallest absolute Gasteiger partial charge is 0.146 e. The third-order valence-corrected chi connectivity index (χ3v) is 5.05. The first-order chi connectivity index (χ1) is 10.2. The molecule has 114 valence electrons. The van der Waals surface area contributed by atoms with E-state index in [9.17, 15) is 0 Å². The fourth-order valence-electron chi connectivity index (χ4n) is 1.79. The number of thiazole rings is 1. The normalized spacial score (nSPS) is 12.2. The highest BCUT2D eigenvalue weighted by atomic mass is 79.9. The molecule has 1 unspecified atom stereocenters. The summed E-state index contributed by atoms with van der Waals surface area (Å²) in [4.78, 5) is 14.3. The molecule has 0 fully saturated rings. The van der Waals surface area contributed by atoms with Gasteiger partial charge in [-0.25, -0.2) is 15.0 Å². The molecule has 0 amide bonds. The van der Waals surface area contributed by atoms with Crippen LogP contribution in [0, 0.1) is 0 Å². The van der Waals surface area contributed by atoms with Crippen LogP contribution in [0.5, 0.6) is 0 Å². The number of hydrogen-bond donors (Lipinski definition) is 2. The average molecular weight is 370 g/mol. The Kier molecular flexibility index (Phi) is 5.93. The van der Waals surface area contributed by atoms with Gasteiger partial charge in [0.25, 0.3) is 0 Å². The Hall–Kier alpha value is -1.21. The van der Waals surface area contributed by atoms with Crippen LogP contribution in [-0.2, 0) is 6.42 Å². The summed E-state index contributed by atoms with van der Waals surface area (Å²) in [5.74, 6) is 1.60. The first-order valence-corrected chi connectivity index (χ1v) is 8.72. The van der Waals surface area contributed by atoms with E-state index in [1.54, 1.807) is 17.7 Å². The van der Waals surface area contributed by atoms with Crippen molar-refractivity contribution in [2.24, 2.45) is 0 Å². The molecule has 5 nitrogen and oxygen atoms in total. The van der Waals surface area contributed by atoms with Crippen molar-refractivity contribution in [2.75, 3.05) is 17.2 Å². The lowest BCUT2D eigenvalue weighted by atomic mass is 10.3. The van der Waals surface area contributed by atoms with Gasteiger partial charge in [0.15, 0.2) is 0 Å². The zero-order valence-electron chi connectivity index (χ0n) is 12.5. The summed E-state index contributed by atoms with van der Waals surface area (Å²) in [5, 5.41) is 7.74. The maximum absolute atomic E-state index is 4.47. The molecule has 2 N–H and O–H groups in total. The van der Waals surface area contributed by atoms with Gasteiger partial charge in [-0.2, -0.15) is 0 Å². The van der Waals surface area contributed by atoms with Crippen LogP contribution >= 0.6 is 27.3 Å². The summed E-state index contributed by atoms with van der Waals surface area (Å²) in [7, 11) is 0. The summed E-state index contributed by atoms with van der Waals surface area (Å²) >= 11 is 5.30. The zero-order chi connectivity index (χ0) is 15.2. The number of hydrogen-bond acceptors (Lipinski definition) is 6. The van der Waals surface area contributed by atoms with Crippen LogP contribution in [0.1, 0.15) is 43.1 Å². The second-order valence-electron chi connectivity index (χ2n) is 4.70. The van der Waals surface area contributed by atoms with Gasteiger partial charge in [-0.3, -0.25) is 0 Å². The van der Waals surface area contributed by atoms with Crippen LogP contribution < -0.4 is 10.6 Å². The number of nitrogens with zero attached hydrogens (tertiary/aromatic N) is 3. The number of anilines is 2. The fourth-order valence-corrected chi connectivity index (χ4v) is 3.11. The molecule has 21 heavy (non-hydrogen) atoms. The second-order valence-corrected chi connectivity index (χ2v) is 6.64. The van der Waals surface area contributed by atoms with Gasteiger partial charge in [-0.05, 0) is 35.7 Å². The topological polar surface area (TPSA) is 62.7 Å². The van der Waals surface area contributed by atoms with Crippen LogP contribution in [0.3, 0.4) is 0 Å². The van der Waals surface area contributed by atoms with Gasteiger partial charge < -0.3 is 10.6 Å². The second kappa shape index (κ2) is 7.70. The molecule has 0 aromatic carbocycles. The lowest BCUT2D eigenvalue weighted by molar-refractivity contribution is 0.855. The molecule has 1 atom stereocenters. The quantitative estimate of drug-likeness (QED) is 0.763. The van der Waals surface area contributed by atoms with E-state index >= 15 is 0 Å². The summed E-state index contributed by atoms with van der Waals surface area (Å²) in [5.41, 5.74) is 0. The van der Waals surface area contributed by atoms with Gasteiger partial charge in [0.05, 0.1) is 6.04 Å². The summed E-state index contributed by atoms with van der Waals surface area (Å²) in [6.45, 7) is 7.24. The van der Waals surface area contributed by atoms with Crippen LogP contribution in [0.25, 0.3) is 0 Å². The minimum atomic E-state index is 0.112. The molecule has 0 saturated heterocycles. The molecule has 7 heteroatoms. The minimum absolute atomic E-state index is 0.112. The lowest BCUT2D eigenvalue weighted by Crippen LogP contribution is -2.10. The van der Waals surface area contributed by atoms with Crippen molar-refractivity contribution in [1.82, 2.24) is 15.0 Å². The number of nitrogens with one attached hydrogen (secondary N) is 2. The van der Waals surface area contributed by atoms with Crippen LogP contribution in [0.15, 0.2) is 17.0 Å². The maximum atomic E-state index is 4.47. The van der Waals surface area contributed by atoms with E-state index in [-0.39, 0.29) is 6.04 Å². The fraction of sp³-hybridized carbons (Fsp3) is 0.500. The molecule has 2 rings (SSSR count). The summed E-state index contributed by atoms with van der Waals surface area (Å²) in [6.07, 6.45) is 5.58. The van der Waals surface area contributed by atoms with Gasteiger partial charge in [0.2, 0.25) is 0 Å². The SMILES string of the molecule is CCCNc1ncnc(NC(C)c2ncc(CC)s2)c1Br. The molecule has 0 spiro atoms. The van der Waals surface area contributed by atoms with E-state index in [2.05, 4.69) is 62.3 Å². The summed E-state index contributed by atoms with van der Waals surface area (Å²) in [6, 6.07) is 0.112. The molecule has 0 aliphatic rings. The first-order valence-electron chi connectivity index (χ1n) is 7.11. The molecule has 0 aliphatic carbocycles. The highest BCUT2D eigenvalue weighted by molar-refractivity contribution is 9.10. The predicted molar refractivity (Wildman–Crippen MR) is 92.0 cm³/mol. The van der Waals surface area contributed by atoms with Crippen molar-refractivity contribution < 1.29 is 0 Å². The molecular weight excluding hydrogens is 350 g/mol. The highest BCUT2D eigenvalue weighted by Gasteiger charge is 2.14. The zero-order valence-corrected chi connectivity index (χ0v) is 14.9. The van der Waals surface area contributed by atoms with E-state index in [1.807, 2.05) is 6.20 Å². The van der Waals surface area contributed by atoms with Gasteiger partial charge in [0, 0.05) is 17.6 Å². The molecule has 2 aromatic rings. The Balaban J connectivity index is 2.11. The Morgan fingerprint density at radius 2 is 2.00 bits per heavy atom. The molecule has 2 aromatic heterocycles. The van der Waals surface area contributed by atoms with Crippen LogP contribution in [0.2, 0.25) is 0 Å². The molecule has 0 saturated carbocycles. The van der Waals surface area contributed by atoms with Crippen LogP contribution in [-0.4, -0.2) is 21.5 Å². The van der Waals surface area contributed by atoms with Crippen molar-refractivity contribution in [3.05, 3.63) is 26.9 Å². The van der Waals surface area contributed by atoms with Gasteiger partial charge >= 0.3 is 0 Å². The Bertz CT molecular complexity index is 586. The third-order valence-electron chi connectivity index (χ3n) is 2.98. The summed E-state index contributed by atoms with van der Waals surface area (Å²) < 4.78 is 0.859. The number of aromatic nitrogens is 3. The third kappa shape index (κ3) is 4.14. The minimum Gasteiger partial charge on any atom is -0.369 e. The number of rotatable bonds is 7. The maximum Gasteiger partial charge on any atom is 0.146 e. The highest BCUT2D eigenvalue weighted by Crippen LogP contribution is 2.30. The first kappa shape index (κ1) is 16.2. The largest absolute Gasteiger partial charge is 0.369 e. The van der Waals surface area contributed by atoms with E-state index in [0.29, 0.717) is 0 Å². The van der Waals surface area contributed by atoms with Crippen molar-refractivity contribution in [3.63, 3.8) is 0 Å². The van der Waals surface area contributed by atoms with Gasteiger partial charge in [-0.15, -0.1) is 11.3 Å². The van der Waals surface area contributed by atoms with Crippen molar-refractivity contribution >= 4 is 38.9 Å². The molecule has 2 heterocycles. The van der Waals surface area contributed by atoms with Crippen molar-refractivity contribution in [3.8, 4) is 0 Å². The van der Waals surface area contributed by atoms with Gasteiger partial charge in [-0.1, -0.05) is 13.8 Å². The number of halogens is 1. The molecule has 0 bridgehead atoms. The molecule has 0 aliphatic heterocycles. The molecule has 0 radical (unpaired) electrons. The predicted octanol–water partition coefficient (Wildman–Crippen LogP) is 4.25.